The Bertz CT molecular complexity index is 420. The highest BCUT2D eigenvalue weighted by Crippen LogP contribution is 2.16. The van der Waals surface area contributed by atoms with Gasteiger partial charge >= 0.3 is 0 Å². The van der Waals surface area contributed by atoms with Gasteiger partial charge in [0.25, 0.3) is 0 Å². The quantitative estimate of drug-likeness (QED) is 0.744. The van der Waals surface area contributed by atoms with Crippen LogP contribution in [0.3, 0.4) is 0 Å². The maximum Gasteiger partial charge on any atom is 0.208 e. The Kier molecular flexibility index (Phi) is 3.71. The minimum absolute atomic E-state index is 0.383. The van der Waals surface area contributed by atoms with Gasteiger partial charge < -0.3 is 5.73 Å². The molecule has 0 unspecified atom stereocenters. The molecule has 84 valence electrons. The van der Waals surface area contributed by atoms with Gasteiger partial charge in [-0.3, -0.25) is 0 Å². The summed E-state index contributed by atoms with van der Waals surface area (Å²) in [6.45, 7) is 2.35. The zero-order valence-corrected chi connectivity index (χ0v) is 9.76. The zero-order valence-electron chi connectivity index (χ0n) is 8.95. The summed E-state index contributed by atoms with van der Waals surface area (Å²) in [7, 11) is -3.11. The summed E-state index contributed by atoms with van der Waals surface area (Å²) in [6.07, 6.45) is 1.76. The first-order valence-corrected chi connectivity index (χ1v) is 6.58. The lowest BCUT2D eigenvalue weighted by Crippen LogP contribution is -2.24. The largest absolute Gasteiger partial charge is 0.398 e. The first-order valence-electron chi connectivity index (χ1n) is 4.69. The first kappa shape index (κ1) is 12.0. The molecule has 0 saturated carbocycles. The predicted molar refractivity (Wildman–Crippen MR) is 62.1 cm³/mol. The second kappa shape index (κ2) is 4.63. The molecule has 0 saturated heterocycles. The van der Waals surface area contributed by atoms with Crippen LogP contribution in [0.1, 0.15) is 11.1 Å². The van der Waals surface area contributed by atoms with E-state index in [1.807, 2.05) is 25.1 Å². The molecule has 0 radical (unpaired) electrons. The Hall–Kier alpha value is -1.07. The zero-order chi connectivity index (χ0) is 11.5. The first-order chi connectivity index (χ1) is 6.90. The van der Waals surface area contributed by atoms with Crippen molar-refractivity contribution in [2.75, 3.05) is 18.5 Å². The molecule has 0 spiro atoms. The van der Waals surface area contributed by atoms with Crippen LogP contribution in [0.2, 0.25) is 0 Å². The Morgan fingerprint density at radius 3 is 2.60 bits per heavy atom. The molecule has 0 amide bonds. The molecule has 15 heavy (non-hydrogen) atoms. The summed E-state index contributed by atoms with van der Waals surface area (Å²) >= 11 is 0. The fraction of sp³-hybridized carbons (Fsp3) is 0.400. The number of sulfonamides is 1. The van der Waals surface area contributed by atoms with Crippen molar-refractivity contribution in [1.82, 2.24) is 4.72 Å². The van der Waals surface area contributed by atoms with Crippen LogP contribution >= 0.6 is 0 Å². The number of nitrogens with two attached hydrogens (primary N) is 1. The van der Waals surface area contributed by atoms with Gasteiger partial charge in [-0.2, -0.15) is 0 Å². The molecular weight excluding hydrogens is 212 g/mol. The van der Waals surface area contributed by atoms with Gasteiger partial charge in [0.1, 0.15) is 0 Å². The van der Waals surface area contributed by atoms with E-state index in [-0.39, 0.29) is 0 Å². The molecule has 0 aromatic heterocycles. The average Bonchev–Trinajstić information content (AvgIpc) is 2.08. The molecule has 4 nitrogen and oxygen atoms in total. The third kappa shape index (κ3) is 3.89. The van der Waals surface area contributed by atoms with Crippen molar-refractivity contribution in [2.45, 2.75) is 13.3 Å². The van der Waals surface area contributed by atoms with Crippen LogP contribution in [0.25, 0.3) is 0 Å². The van der Waals surface area contributed by atoms with Crippen LogP contribution in [-0.2, 0) is 16.4 Å². The van der Waals surface area contributed by atoms with Crippen molar-refractivity contribution in [3.63, 3.8) is 0 Å². The maximum atomic E-state index is 10.8. The second-order valence-electron chi connectivity index (χ2n) is 3.56. The number of nitrogen functional groups attached to an aromatic ring is 1. The van der Waals surface area contributed by atoms with Gasteiger partial charge in [0.2, 0.25) is 10.0 Å². The molecule has 1 rings (SSSR count). The van der Waals surface area contributed by atoms with Gasteiger partial charge in [0.15, 0.2) is 0 Å². The third-order valence-electron chi connectivity index (χ3n) is 2.19. The van der Waals surface area contributed by atoms with Crippen molar-refractivity contribution < 1.29 is 8.42 Å². The van der Waals surface area contributed by atoms with Crippen molar-refractivity contribution in [3.8, 4) is 0 Å². The third-order valence-corrected chi connectivity index (χ3v) is 2.91. The number of hydrogen-bond acceptors (Lipinski definition) is 3. The van der Waals surface area contributed by atoms with Crippen LogP contribution < -0.4 is 10.5 Å². The summed E-state index contributed by atoms with van der Waals surface area (Å²) < 4.78 is 24.1. The van der Waals surface area contributed by atoms with Gasteiger partial charge in [-0.15, -0.1) is 0 Å². The van der Waals surface area contributed by atoms with E-state index in [9.17, 15) is 8.42 Å². The monoisotopic (exact) mass is 228 g/mol. The molecule has 3 N–H and O–H groups in total. The summed E-state index contributed by atoms with van der Waals surface area (Å²) in [5, 5.41) is 0. The molecule has 0 aliphatic heterocycles. The van der Waals surface area contributed by atoms with Crippen LogP contribution in [-0.4, -0.2) is 21.2 Å². The standard InChI is InChI=1S/C10H16N2O2S/c1-8-4-3-5-10(11)9(8)6-7-12-15(2,13)14/h3-5,12H,6-7,11H2,1-2H3. The molecule has 5 heteroatoms. The summed E-state index contributed by atoms with van der Waals surface area (Å²) in [6, 6.07) is 5.67. The lowest BCUT2D eigenvalue weighted by molar-refractivity contribution is 0.588. The normalized spacial score (nSPS) is 11.6. The maximum absolute atomic E-state index is 10.8. The Balaban J connectivity index is 2.66. The fourth-order valence-electron chi connectivity index (χ4n) is 1.43. The predicted octanol–water partition coefficient (Wildman–Crippen LogP) is 0.669. The van der Waals surface area contributed by atoms with E-state index in [4.69, 9.17) is 5.73 Å². The fourth-order valence-corrected chi connectivity index (χ4v) is 1.90. The van der Waals surface area contributed by atoms with Crippen molar-refractivity contribution in [2.24, 2.45) is 0 Å². The molecule has 0 fully saturated rings. The van der Waals surface area contributed by atoms with Crippen molar-refractivity contribution >= 4 is 15.7 Å². The number of nitrogens with one attached hydrogen (secondary N) is 1. The summed E-state index contributed by atoms with van der Waals surface area (Å²) in [5.41, 5.74) is 8.60. The van der Waals surface area contributed by atoms with E-state index in [2.05, 4.69) is 4.72 Å². The molecule has 0 heterocycles. The molecule has 1 aromatic rings. The highest BCUT2D eigenvalue weighted by molar-refractivity contribution is 7.88. The van der Waals surface area contributed by atoms with Gasteiger partial charge in [0.05, 0.1) is 6.26 Å². The summed E-state index contributed by atoms with van der Waals surface area (Å²) in [4.78, 5) is 0. The summed E-state index contributed by atoms with van der Waals surface area (Å²) in [5.74, 6) is 0. The molecule has 0 bridgehead atoms. The van der Waals surface area contributed by atoms with Crippen molar-refractivity contribution in [3.05, 3.63) is 29.3 Å². The van der Waals surface area contributed by atoms with Gasteiger partial charge in [-0.05, 0) is 30.5 Å². The Morgan fingerprint density at radius 2 is 2.07 bits per heavy atom. The molecule has 1 aromatic carbocycles. The van der Waals surface area contributed by atoms with E-state index >= 15 is 0 Å². The Morgan fingerprint density at radius 1 is 1.40 bits per heavy atom. The van der Waals surface area contributed by atoms with Gasteiger partial charge in [0, 0.05) is 12.2 Å². The van der Waals surface area contributed by atoms with E-state index in [1.54, 1.807) is 0 Å². The minimum atomic E-state index is -3.11. The van der Waals surface area contributed by atoms with Crippen LogP contribution in [0.4, 0.5) is 5.69 Å². The smallest absolute Gasteiger partial charge is 0.208 e. The lowest BCUT2D eigenvalue weighted by atomic mass is 10.0. The second-order valence-corrected chi connectivity index (χ2v) is 5.39. The highest BCUT2D eigenvalue weighted by atomic mass is 32.2. The number of hydrogen-bond donors (Lipinski definition) is 2. The van der Waals surface area contributed by atoms with E-state index in [1.165, 1.54) is 0 Å². The molecular formula is C10H16N2O2S. The Labute approximate surface area is 90.5 Å². The van der Waals surface area contributed by atoms with Crippen LogP contribution in [0.5, 0.6) is 0 Å². The SMILES string of the molecule is Cc1cccc(N)c1CCNS(C)(=O)=O. The van der Waals surface area contributed by atoms with Gasteiger partial charge in [-0.25, -0.2) is 13.1 Å². The van der Waals surface area contributed by atoms with E-state index in [0.29, 0.717) is 18.7 Å². The molecule has 0 atom stereocenters. The average molecular weight is 228 g/mol. The van der Waals surface area contributed by atoms with Crippen LogP contribution in [0.15, 0.2) is 18.2 Å². The molecule has 0 aliphatic rings. The number of benzene rings is 1. The number of rotatable bonds is 4. The van der Waals surface area contributed by atoms with Gasteiger partial charge in [-0.1, -0.05) is 12.1 Å². The molecule has 0 aliphatic carbocycles. The highest BCUT2D eigenvalue weighted by Gasteiger charge is 2.04. The topological polar surface area (TPSA) is 72.2 Å². The lowest BCUT2D eigenvalue weighted by Gasteiger charge is -2.09. The van der Waals surface area contributed by atoms with Crippen LogP contribution in [0, 0.1) is 6.92 Å². The minimum Gasteiger partial charge on any atom is -0.398 e. The van der Waals surface area contributed by atoms with Crippen molar-refractivity contribution in [1.29, 1.82) is 0 Å². The van der Waals surface area contributed by atoms with E-state index in [0.717, 1.165) is 17.4 Å². The number of aryl methyl sites for hydroxylation is 1. The number of anilines is 1. The van der Waals surface area contributed by atoms with E-state index < -0.39 is 10.0 Å².